The van der Waals surface area contributed by atoms with Crippen molar-refractivity contribution in [1.82, 2.24) is 40.2 Å². The Morgan fingerprint density at radius 2 is 1.59 bits per heavy atom. The topological polar surface area (TPSA) is 134 Å². The van der Waals surface area contributed by atoms with Crippen molar-refractivity contribution in [3.05, 3.63) is 65.2 Å². The molecule has 5 fully saturated rings. The van der Waals surface area contributed by atoms with Crippen LogP contribution in [0.1, 0.15) is 93.6 Å². The number of nitrogens with zero attached hydrogens (tertiary/aromatic N) is 8. The van der Waals surface area contributed by atoms with E-state index in [1.807, 2.05) is 0 Å². The van der Waals surface area contributed by atoms with Gasteiger partial charge < -0.3 is 14.7 Å². The third-order valence-corrected chi connectivity index (χ3v) is 14.9. The largest absolute Gasteiger partial charge is 0.369 e. The van der Waals surface area contributed by atoms with Crippen LogP contribution in [0.4, 0.5) is 15.9 Å². The van der Waals surface area contributed by atoms with Gasteiger partial charge in [0.25, 0.3) is 5.91 Å². The van der Waals surface area contributed by atoms with E-state index in [2.05, 4.69) is 80.0 Å². The van der Waals surface area contributed by atoms with Gasteiger partial charge in [0.05, 0.1) is 23.4 Å². The van der Waals surface area contributed by atoms with Crippen LogP contribution < -0.4 is 15.1 Å². The van der Waals surface area contributed by atoms with Crippen LogP contribution >= 0.6 is 0 Å². The average Bonchev–Trinajstić information content (AvgIpc) is 3.66. The monoisotopic (exact) mass is 830 g/mol. The molecule has 1 unspecified atom stereocenters. The molecule has 0 spiro atoms. The number of H-pyrrole nitrogens is 1. The summed E-state index contributed by atoms with van der Waals surface area (Å²) in [6, 6.07) is 11.5. The zero-order valence-corrected chi connectivity index (χ0v) is 35.9. The number of hydrogen-bond acceptors (Lipinski definition) is 10. The number of carbonyl (C=O) groups excluding carboxylic acids is 3. The van der Waals surface area contributed by atoms with Gasteiger partial charge in [0, 0.05) is 93.4 Å². The highest BCUT2D eigenvalue weighted by Crippen LogP contribution is 2.48. The van der Waals surface area contributed by atoms with Crippen molar-refractivity contribution in [1.29, 1.82) is 0 Å². The Hall–Kier alpha value is -4.95. The zero-order chi connectivity index (χ0) is 42.0. The van der Waals surface area contributed by atoms with Crippen LogP contribution in [-0.2, 0) is 22.6 Å². The fraction of sp³-hybridized carbons (Fsp3) is 0.574. The number of piperazine rings is 1. The minimum atomic E-state index is -0.753. The molecule has 4 saturated heterocycles. The quantitative estimate of drug-likeness (QED) is 0.189. The Balaban J connectivity index is 0.693. The van der Waals surface area contributed by atoms with Crippen molar-refractivity contribution in [3.8, 4) is 11.4 Å². The molecule has 4 aromatic rings. The first kappa shape index (κ1) is 40.1. The summed E-state index contributed by atoms with van der Waals surface area (Å²) in [5, 5.41) is 11.4. The molecule has 1 aliphatic carbocycles. The molecule has 3 amide bonds. The molecule has 1 saturated carbocycles. The maximum absolute atomic E-state index is 16.0. The molecule has 322 valence electrons. The molecule has 13 nitrogen and oxygen atoms in total. The van der Waals surface area contributed by atoms with E-state index in [-0.39, 0.29) is 42.6 Å². The summed E-state index contributed by atoms with van der Waals surface area (Å²) in [6.45, 7) is 16.1. The molecule has 10 rings (SSSR count). The zero-order valence-electron chi connectivity index (χ0n) is 35.9. The Bertz CT molecular complexity index is 2340. The lowest BCUT2D eigenvalue weighted by Crippen LogP contribution is -2.61. The molecule has 5 aliphatic heterocycles. The summed E-state index contributed by atoms with van der Waals surface area (Å²) in [5.41, 5.74) is 5.90. The molecule has 61 heavy (non-hydrogen) atoms. The molecule has 2 aromatic heterocycles. The van der Waals surface area contributed by atoms with Crippen LogP contribution in [0.2, 0.25) is 0 Å². The Morgan fingerprint density at radius 3 is 2.33 bits per heavy atom. The molecular weight excluding hydrogens is 772 g/mol. The van der Waals surface area contributed by atoms with Crippen molar-refractivity contribution in [2.75, 3.05) is 68.7 Å². The number of imide groups is 1. The van der Waals surface area contributed by atoms with E-state index in [0.29, 0.717) is 34.1 Å². The predicted octanol–water partition coefficient (Wildman–Crippen LogP) is 5.79. The number of aromatic amines is 1. The van der Waals surface area contributed by atoms with Gasteiger partial charge in [-0.25, -0.2) is 14.4 Å². The first-order valence-electron chi connectivity index (χ1n) is 22.6. The van der Waals surface area contributed by atoms with E-state index in [4.69, 9.17) is 10.1 Å². The second-order valence-corrected chi connectivity index (χ2v) is 19.9. The summed E-state index contributed by atoms with van der Waals surface area (Å²) in [4.78, 5) is 58.0. The molecule has 6 aliphatic rings. The van der Waals surface area contributed by atoms with Crippen LogP contribution in [0.3, 0.4) is 0 Å². The fourth-order valence-electron chi connectivity index (χ4n) is 10.9. The number of anilines is 2. The van der Waals surface area contributed by atoms with Gasteiger partial charge in [-0.05, 0) is 112 Å². The van der Waals surface area contributed by atoms with Gasteiger partial charge in [-0.15, -0.1) is 0 Å². The van der Waals surface area contributed by atoms with Gasteiger partial charge in [-0.3, -0.25) is 34.6 Å². The van der Waals surface area contributed by atoms with Crippen LogP contribution in [0.15, 0.2) is 42.7 Å². The highest BCUT2D eigenvalue weighted by atomic mass is 19.1. The van der Waals surface area contributed by atoms with E-state index in [0.717, 1.165) is 119 Å². The van der Waals surface area contributed by atoms with Gasteiger partial charge in [0.15, 0.2) is 5.82 Å². The van der Waals surface area contributed by atoms with Gasteiger partial charge >= 0.3 is 0 Å². The number of carbonyl (C=O) groups is 3. The van der Waals surface area contributed by atoms with Crippen molar-refractivity contribution in [2.45, 2.75) is 96.7 Å². The van der Waals surface area contributed by atoms with Crippen LogP contribution in [0.5, 0.6) is 0 Å². The number of rotatable bonds is 10. The number of hydrogen-bond donors (Lipinski definition) is 2. The maximum atomic E-state index is 16.0. The summed E-state index contributed by atoms with van der Waals surface area (Å²) in [6.07, 6.45) is 10.1. The molecule has 1 atom stereocenters. The average molecular weight is 831 g/mol. The number of aromatic nitrogens is 4. The Morgan fingerprint density at radius 1 is 0.836 bits per heavy atom. The van der Waals surface area contributed by atoms with Crippen LogP contribution in [0.25, 0.3) is 22.3 Å². The van der Waals surface area contributed by atoms with E-state index < -0.39 is 11.9 Å². The van der Waals surface area contributed by atoms with E-state index >= 15 is 4.39 Å². The van der Waals surface area contributed by atoms with Crippen molar-refractivity contribution in [2.24, 2.45) is 17.3 Å². The second kappa shape index (κ2) is 15.7. The highest BCUT2D eigenvalue weighted by Gasteiger charge is 2.42. The lowest BCUT2D eigenvalue weighted by atomic mass is 9.90. The van der Waals surface area contributed by atoms with Crippen molar-refractivity contribution < 1.29 is 18.8 Å². The molecular formula is C47H59FN10O3. The summed E-state index contributed by atoms with van der Waals surface area (Å²) < 4.78 is 16.0. The van der Waals surface area contributed by atoms with Gasteiger partial charge in [-0.1, -0.05) is 13.0 Å². The second-order valence-electron chi connectivity index (χ2n) is 19.9. The van der Waals surface area contributed by atoms with Crippen molar-refractivity contribution in [3.63, 3.8) is 0 Å². The van der Waals surface area contributed by atoms with Gasteiger partial charge in [0.2, 0.25) is 11.8 Å². The molecule has 14 heteroatoms. The Labute approximate surface area is 357 Å². The molecule has 0 radical (unpaired) electrons. The smallest absolute Gasteiger partial charge is 0.255 e. The number of nitrogens with one attached hydrogen (secondary N) is 2. The van der Waals surface area contributed by atoms with E-state index in [1.165, 1.54) is 23.3 Å². The lowest BCUT2D eigenvalue weighted by Gasteiger charge is -2.50. The van der Waals surface area contributed by atoms with Crippen molar-refractivity contribution >= 4 is 40.1 Å². The lowest BCUT2D eigenvalue weighted by molar-refractivity contribution is -0.136. The number of benzene rings is 2. The standard InChI is InChI=1S/C47H59FN10O3/c1-46(2)28-54(25-30-10-16-55(17-11-30)38-7-5-33-35(42(38)48)27-58(45(33)61)39-8-9-41(59)51-44(39)60)20-21-57(46)26-31-12-18-56(19-13-31)40-23-37(49-29-50-40)43-34-22-32(24-47(3)14-15-47)4-6-36(34)52-53-43/h4-7,22-23,29-31,39H,8-21,24-28H2,1-3H3,(H,52,53)(H,51,59,60). The third-order valence-electron chi connectivity index (χ3n) is 14.9. The molecule has 7 heterocycles. The minimum absolute atomic E-state index is 0.0484. The highest BCUT2D eigenvalue weighted by molar-refractivity contribution is 6.05. The van der Waals surface area contributed by atoms with Crippen LogP contribution in [0, 0.1) is 23.1 Å². The van der Waals surface area contributed by atoms with E-state index in [1.54, 1.807) is 18.5 Å². The number of piperidine rings is 3. The van der Waals surface area contributed by atoms with Gasteiger partial charge in [0.1, 0.15) is 23.9 Å². The first-order chi connectivity index (χ1) is 29.4. The SMILES string of the molecule is CC1(Cc2ccc3[nH]nc(-c4cc(N5CCC(CN6CCN(CC7CCN(c8ccc9c(c8F)CN(C8CCC(=O)NC8=O)C9=O)CC7)CC6(C)C)CC5)ncn4)c3c2)CC1. The first-order valence-corrected chi connectivity index (χ1v) is 22.6. The number of fused-ring (bicyclic) bond motifs is 2. The molecule has 2 aromatic carbocycles. The molecule has 2 N–H and O–H groups in total. The van der Waals surface area contributed by atoms with E-state index in [9.17, 15) is 14.4 Å². The Kier molecular flexibility index (Phi) is 10.4. The molecule has 0 bridgehead atoms. The summed E-state index contributed by atoms with van der Waals surface area (Å²) in [7, 11) is 0. The normalized spacial score (nSPS) is 23.8. The minimum Gasteiger partial charge on any atom is -0.369 e. The third kappa shape index (κ3) is 8.01. The van der Waals surface area contributed by atoms with Gasteiger partial charge in [-0.2, -0.15) is 5.10 Å². The van der Waals surface area contributed by atoms with Crippen LogP contribution in [-0.4, -0.2) is 123 Å². The maximum Gasteiger partial charge on any atom is 0.255 e. The summed E-state index contributed by atoms with van der Waals surface area (Å²) in [5.74, 6) is 0.646. The fourth-order valence-corrected chi connectivity index (χ4v) is 10.9. The summed E-state index contributed by atoms with van der Waals surface area (Å²) >= 11 is 0. The predicted molar refractivity (Wildman–Crippen MR) is 233 cm³/mol. The number of amides is 3. The number of halogens is 1.